The van der Waals surface area contributed by atoms with E-state index in [0.29, 0.717) is 27.2 Å². The molecule has 0 unspecified atom stereocenters. The molecule has 2 heterocycles. The molecule has 1 atom stereocenters. The first-order valence-electron chi connectivity index (χ1n) is 9.45. The van der Waals surface area contributed by atoms with Gasteiger partial charge in [0.05, 0.1) is 24.3 Å². The van der Waals surface area contributed by atoms with E-state index in [-0.39, 0.29) is 23.8 Å². The number of anilines is 4. The highest BCUT2D eigenvalue weighted by molar-refractivity contribution is 6.31. The van der Waals surface area contributed by atoms with Crippen molar-refractivity contribution in [2.45, 2.75) is 12.3 Å². The Labute approximate surface area is 192 Å². The maximum atomic E-state index is 13.0. The van der Waals surface area contributed by atoms with E-state index in [0.717, 1.165) is 0 Å². The van der Waals surface area contributed by atoms with E-state index in [1.807, 2.05) is 0 Å². The minimum absolute atomic E-state index is 0.0136. The molecular weight excluding hydrogens is 457 g/mol. The number of aromatic amines is 1. The van der Waals surface area contributed by atoms with Crippen LogP contribution in [0.5, 0.6) is 5.75 Å². The van der Waals surface area contributed by atoms with Crippen molar-refractivity contribution in [1.82, 2.24) is 9.97 Å². The van der Waals surface area contributed by atoms with E-state index in [9.17, 15) is 14.4 Å². The normalized spacial score (nSPS) is 14.8. The highest BCUT2D eigenvalue weighted by atomic mass is 35.5. The van der Waals surface area contributed by atoms with Gasteiger partial charge in [-0.25, -0.2) is 0 Å². The fourth-order valence-electron chi connectivity index (χ4n) is 3.32. The van der Waals surface area contributed by atoms with Crippen molar-refractivity contribution in [3.05, 3.63) is 68.4 Å². The van der Waals surface area contributed by atoms with Crippen LogP contribution in [0, 0.1) is 0 Å². The average Bonchev–Trinajstić information content (AvgIpc) is 2.74. The second-order valence-electron chi connectivity index (χ2n) is 6.95. The molecule has 0 fully saturated rings. The zero-order valence-corrected chi connectivity index (χ0v) is 18.2. The van der Waals surface area contributed by atoms with Gasteiger partial charge in [0.1, 0.15) is 11.6 Å². The molecule has 0 bridgehead atoms. The third-order valence-corrected chi connectivity index (χ3v) is 5.28. The zero-order chi connectivity index (χ0) is 22.8. The van der Waals surface area contributed by atoms with Gasteiger partial charge < -0.3 is 20.7 Å². The molecule has 1 aromatic heterocycles. The molecule has 0 saturated carbocycles. The molecule has 4 rings (SSSR count). The summed E-state index contributed by atoms with van der Waals surface area (Å²) in [6, 6.07) is 11.5. The summed E-state index contributed by atoms with van der Waals surface area (Å²) in [6.07, 6.45) is -0.212. The van der Waals surface area contributed by atoms with Crippen molar-refractivity contribution in [3.8, 4) is 5.75 Å². The third kappa shape index (κ3) is 4.53. The van der Waals surface area contributed by atoms with Crippen molar-refractivity contribution in [2.24, 2.45) is 0 Å². The zero-order valence-electron chi connectivity index (χ0n) is 16.7. The SMILES string of the molecule is COc1ccc(Cl)cc1NC(=O)[C@@H]1CC(=O)Nc2nc(Nc3ccc(Cl)cc3)[nH]c(=O)c21. The summed E-state index contributed by atoms with van der Waals surface area (Å²) in [7, 11) is 1.45. The quantitative estimate of drug-likeness (QED) is 0.445. The maximum absolute atomic E-state index is 13.0. The number of hydrogen-bond acceptors (Lipinski definition) is 6. The number of halogens is 2. The fourth-order valence-corrected chi connectivity index (χ4v) is 3.62. The average molecular weight is 474 g/mol. The van der Waals surface area contributed by atoms with Gasteiger partial charge in [0.25, 0.3) is 5.56 Å². The van der Waals surface area contributed by atoms with E-state index < -0.39 is 23.3 Å². The van der Waals surface area contributed by atoms with Crippen LogP contribution >= 0.6 is 23.2 Å². The Morgan fingerprint density at radius 3 is 2.56 bits per heavy atom. The first-order valence-corrected chi connectivity index (χ1v) is 10.2. The Bertz CT molecular complexity index is 1260. The minimum atomic E-state index is -1.05. The van der Waals surface area contributed by atoms with Crippen LogP contribution in [0.25, 0.3) is 0 Å². The number of nitrogens with one attached hydrogen (secondary N) is 4. The summed E-state index contributed by atoms with van der Waals surface area (Å²) in [5.74, 6) is -1.55. The Hall–Kier alpha value is -3.56. The number of amides is 2. The highest BCUT2D eigenvalue weighted by Crippen LogP contribution is 2.33. The van der Waals surface area contributed by atoms with Crippen LogP contribution in [0.1, 0.15) is 17.9 Å². The molecule has 2 amide bonds. The standard InChI is InChI=1S/C21H17Cl2N5O4/c1-32-15-7-4-11(23)8-14(15)25-19(30)13-9-16(29)26-18-17(13)20(31)28-21(27-18)24-12-5-2-10(22)3-6-12/h2-8,13H,9H2,1H3,(H,25,30)(H3,24,26,27,28,29,31)/t13-/m1/s1. The molecule has 9 nitrogen and oxygen atoms in total. The van der Waals surface area contributed by atoms with Gasteiger partial charge in [-0.15, -0.1) is 0 Å². The summed E-state index contributed by atoms with van der Waals surface area (Å²) in [6.45, 7) is 0. The van der Waals surface area contributed by atoms with E-state index in [4.69, 9.17) is 27.9 Å². The molecule has 0 radical (unpaired) electrons. The maximum Gasteiger partial charge on any atom is 0.258 e. The number of carbonyl (C=O) groups excluding carboxylic acids is 2. The highest BCUT2D eigenvalue weighted by Gasteiger charge is 2.35. The lowest BCUT2D eigenvalue weighted by atomic mass is 9.92. The Morgan fingerprint density at radius 2 is 1.84 bits per heavy atom. The lowest BCUT2D eigenvalue weighted by Gasteiger charge is -2.24. The van der Waals surface area contributed by atoms with Gasteiger partial charge in [-0.1, -0.05) is 23.2 Å². The number of aromatic nitrogens is 2. The Balaban J connectivity index is 1.65. The lowest BCUT2D eigenvalue weighted by Crippen LogP contribution is -2.36. The number of ether oxygens (including phenoxy) is 1. The van der Waals surface area contributed by atoms with Gasteiger partial charge >= 0.3 is 0 Å². The number of methoxy groups -OCH3 is 1. The monoisotopic (exact) mass is 473 g/mol. The molecule has 3 aromatic rings. The van der Waals surface area contributed by atoms with E-state index in [1.54, 1.807) is 36.4 Å². The first kappa shape index (κ1) is 21.7. The summed E-state index contributed by atoms with van der Waals surface area (Å²) in [5.41, 5.74) is 0.458. The number of carbonyl (C=O) groups is 2. The van der Waals surface area contributed by atoms with Crippen LogP contribution in [0.4, 0.5) is 23.1 Å². The van der Waals surface area contributed by atoms with Crippen molar-refractivity contribution in [2.75, 3.05) is 23.1 Å². The molecular formula is C21H17Cl2N5O4. The number of hydrogen-bond donors (Lipinski definition) is 4. The Kier molecular flexibility index (Phi) is 6.02. The van der Waals surface area contributed by atoms with Crippen LogP contribution in [0.15, 0.2) is 47.3 Å². The molecule has 0 saturated heterocycles. The largest absolute Gasteiger partial charge is 0.495 e. The summed E-state index contributed by atoms with van der Waals surface area (Å²) >= 11 is 11.9. The topological polar surface area (TPSA) is 125 Å². The minimum Gasteiger partial charge on any atom is -0.495 e. The van der Waals surface area contributed by atoms with Crippen LogP contribution in [-0.4, -0.2) is 28.9 Å². The van der Waals surface area contributed by atoms with Gasteiger partial charge in [0.2, 0.25) is 17.8 Å². The smallest absolute Gasteiger partial charge is 0.258 e. The lowest BCUT2D eigenvalue weighted by molar-refractivity contribution is -0.123. The second-order valence-corrected chi connectivity index (χ2v) is 7.82. The second kappa shape index (κ2) is 8.89. The number of nitrogens with zero attached hydrogens (tertiary/aromatic N) is 1. The molecule has 0 spiro atoms. The molecule has 4 N–H and O–H groups in total. The molecule has 0 aliphatic carbocycles. The summed E-state index contributed by atoms with van der Waals surface area (Å²) in [5, 5.41) is 9.12. The molecule has 2 aromatic carbocycles. The van der Waals surface area contributed by atoms with Crippen LogP contribution in [0.3, 0.4) is 0 Å². The van der Waals surface area contributed by atoms with Gasteiger partial charge in [0, 0.05) is 22.2 Å². The van der Waals surface area contributed by atoms with E-state index >= 15 is 0 Å². The summed E-state index contributed by atoms with van der Waals surface area (Å²) in [4.78, 5) is 45.0. The third-order valence-electron chi connectivity index (χ3n) is 4.79. The van der Waals surface area contributed by atoms with Crippen LogP contribution < -0.4 is 26.2 Å². The number of H-pyrrole nitrogens is 1. The molecule has 1 aliphatic rings. The van der Waals surface area contributed by atoms with Crippen LogP contribution in [0.2, 0.25) is 10.0 Å². The van der Waals surface area contributed by atoms with Gasteiger partial charge in [0.15, 0.2) is 0 Å². The van der Waals surface area contributed by atoms with E-state index in [1.165, 1.54) is 13.2 Å². The predicted molar refractivity (Wildman–Crippen MR) is 122 cm³/mol. The van der Waals surface area contributed by atoms with E-state index in [2.05, 4.69) is 25.9 Å². The number of fused-ring (bicyclic) bond motifs is 1. The first-order chi connectivity index (χ1) is 15.3. The predicted octanol–water partition coefficient (Wildman–Crippen LogP) is 3.89. The summed E-state index contributed by atoms with van der Waals surface area (Å²) < 4.78 is 5.23. The van der Waals surface area contributed by atoms with Crippen molar-refractivity contribution in [1.29, 1.82) is 0 Å². The van der Waals surface area contributed by atoms with Gasteiger partial charge in [-0.2, -0.15) is 4.98 Å². The van der Waals surface area contributed by atoms with Crippen molar-refractivity contribution in [3.63, 3.8) is 0 Å². The molecule has 164 valence electrons. The Morgan fingerprint density at radius 1 is 1.12 bits per heavy atom. The number of rotatable bonds is 5. The van der Waals surface area contributed by atoms with Gasteiger partial charge in [-0.3, -0.25) is 19.4 Å². The van der Waals surface area contributed by atoms with Crippen molar-refractivity contribution >= 4 is 58.2 Å². The molecule has 1 aliphatic heterocycles. The van der Waals surface area contributed by atoms with Crippen molar-refractivity contribution < 1.29 is 14.3 Å². The number of benzene rings is 2. The van der Waals surface area contributed by atoms with Gasteiger partial charge in [-0.05, 0) is 42.5 Å². The van der Waals surface area contributed by atoms with Crippen LogP contribution in [-0.2, 0) is 9.59 Å². The fraction of sp³-hybridized carbons (Fsp3) is 0.143. The molecule has 11 heteroatoms. The molecule has 32 heavy (non-hydrogen) atoms.